The lowest BCUT2D eigenvalue weighted by molar-refractivity contribution is -0.138. The van der Waals surface area contributed by atoms with Gasteiger partial charge in [-0.1, -0.05) is 13.0 Å². The van der Waals surface area contributed by atoms with Crippen LogP contribution >= 0.6 is 0 Å². The van der Waals surface area contributed by atoms with Crippen molar-refractivity contribution >= 4 is 16.6 Å². The summed E-state index contributed by atoms with van der Waals surface area (Å²) in [5, 5.41) is 3.82. The molecule has 4 nitrogen and oxygen atoms in total. The van der Waals surface area contributed by atoms with Crippen molar-refractivity contribution in [3.05, 3.63) is 65.4 Å². The highest BCUT2D eigenvalue weighted by Gasteiger charge is 2.32. The Labute approximate surface area is 199 Å². The SMILES string of the molecule is CCCN(CCCNc1ccnc2cc(C(F)(F)F)ccc12)Cc1cc(C(F)(F)F)ccc1OC. The van der Waals surface area contributed by atoms with Crippen LogP contribution in [0.25, 0.3) is 10.9 Å². The van der Waals surface area contributed by atoms with Gasteiger partial charge in [0.25, 0.3) is 0 Å². The van der Waals surface area contributed by atoms with Crippen molar-refractivity contribution in [2.45, 2.75) is 38.7 Å². The fourth-order valence-electron chi connectivity index (χ4n) is 3.91. The largest absolute Gasteiger partial charge is 0.496 e. The van der Waals surface area contributed by atoms with Gasteiger partial charge in [0.15, 0.2) is 0 Å². The maximum atomic E-state index is 13.2. The number of hydrogen-bond donors (Lipinski definition) is 1. The molecule has 2 aromatic carbocycles. The molecule has 0 saturated carbocycles. The van der Waals surface area contributed by atoms with E-state index in [2.05, 4.69) is 15.2 Å². The molecule has 35 heavy (non-hydrogen) atoms. The van der Waals surface area contributed by atoms with E-state index >= 15 is 0 Å². The summed E-state index contributed by atoms with van der Waals surface area (Å²) >= 11 is 0. The number of halogens is 6. The summed E-state index contributed by atoms with van der Waals surface area (Å²) in [7, 11) is 1.43. The summed E-state index contributed by atoms with van der Waals surface area (Å²) in [6, 6.07) is 8.62. The molecule has 0 aliphatic rings. The predicted molar refractivity (Wildman–Crippen MR) is 123 cm³/mol. The molecule has 0 amide bonds. The smallest absolute Gasteiger partial charge is 0.416 e. The van der Waals surface area contributed by atoms with Crippen molar-refractivity contribution in [1.29, 1.82) is 0 Å². The van der Waals surface area contributed by atoms with Gasteiger partial charge >= 0.3 is 12.4 Å². The Morgan fingerprint density at radius 1 is 0.914 bits per heavy atom. The van der Waals surface area contributed by atoms with Crippen LogP contribution in [0.5, 0.6) is 5.75 Å². The van der Waals surface area contributed by atoms with E-state index in [-0.39, 0.29) is 5.52 Å². The molecule has 0 fully saturated rings. The first kappa shape index (κ1) is 26.6. The molecule has 3 aromatic rings. The Kier molecular flexibility index (Phi) is 8.47. The number of nitrogens with zero attached hydrogens (tertiary/aromatic N) is 2. The molecule has 0 saturated heterocycles. The molecule has 1 aromatic heterocycles. The van der Waals surface area contributed by atoms with E-state index in [0.29, 0.717) is 55.0 Å². The van der Waals surface area contributed by atoms with Crippen molar-refractivity contribution in [3.8, 4) is 5.75 Å². The lowest BCUT2D eigenvalue weighted by Crippen LogP contribution is -2.27. The number of hydrogen-bond acceptors (Lipinski definition) is 4. The van der Waals surface area contributed by atoms with Gasteiger partial charge in [-0.05, 0) is 55.8 Å². The van der Waals surface area contributed by atoms with Gasteiger partial charge in [0, 0.05) is 42.5 Å². The fraction of sp³-hybridized carbons (Fsp3) is 0.400. The van der Waals surface area contributed by atoms with Gasteiger partial charge < -0.3 is 10.1 Å². The van der Waals surface area contributed by atoms with Crippen molar-refractivity contribution in [2.24, 2.45) is 0 Å². The molecule has 10 heteroatoms. The monoisotopic (exact) mass is 499 g/mol. The van der Waals surface area contributed by atoms with Crippen molar-refractivity contribution in [2.75, 3.05) is 32.1 Å². The zero-order valence-electron chi connectivity index (χ0n) is 19.4. The van der Waals surface area contributed by atoms with Crippen LogP contribution in [0, 0.1) is 0 Å². The molecule has 3 rings (SSSR count). The average molecular weight is 499 g/mol. The van der Waals surface area contributed by atoms with Gasteiger partial charge in [-0.2, -0.15) is 26.3 Å². The number of aromatic nitrogens is 1. The number of fused-ring (bicyclic) bond motifs is 1. The van der Waals surface area contributed by atoms with Gasteiger partial charge in [-0.25, -0.2) is 0 Å². The Bertz CT molecular complexity index is 1130. The standard InChI is InChI=1S/C25H27F6N3O/c1-3-12-34(16-17-14-18(24(26,27)28)6-8-23(17)35-2)13-4-10-32-21-9-11-33-22-15-19(25(29,30)31)5-7-20(21)22/h5-9,11,14-15H,3-4,10,12-13,16H2,1-2H3,(H,32,33). The van der Waals surface area contributed by atoms with E-state index in [9.17, 15) is 26.3 Å². The maximum absolute atomic E-state index is 13.2. The van der Waals surface area contributed by atoms with Crippen LogP contribution in [0.1, 0.15) is 36.5 Å². The molecule has 0 radical (unpaired) electrons. The third-order valence-electron chi connectivity index (χ3n) is 5.58. The second-order valence-corrected chi connectivity index (χ2v) is 8.17. The second kappa shape index (κ2) is 11.2. The minimum atomic E-state index is -4.44. The summed E-state index contributed by atoms with van der Waals surface area (Å²) in [5.74, 6) is 0.402. The van der Waals surface area contributed by atoms with Crippen molar-refractivity contribution in [3.63, 3.8) is 0 Å². The lowest BCUT2D eigenvalue weighted by atomic mass is 10.1. The number of rotatable bonds is 10. The zero-order valence-corrected chi connectivity index (χ0v) is 19.4. The lowest BCUT2D eigenvalue weighted by Gasteiger charge is -2.24. The number of nitrogens with one attached hydrogen (secondary N) is 1. The van der Waals surface area contributed by atoms with E-state index in [1.165, 1.54) is 25.4 Å². The summed E-state index contributed by atoms with van der Waals surface area (Å²) in [5.41, 5.74) is -0.0942. The molecule has 0 aliphatic heterocycles. The molecule has 0 aliphatic carbocycles. The Morgan fingerprint density at radius 2 is 1.60 bits per heavy atom. The zero-order chi connectivity index (χ0) is 25.6. The van der Waals surface area contributed by atoms with Crippen molar-refractivity contribution < 1.29 is 31.1 Å². The highest BCUT2D eigenvalue weighted by atomic mass is 19.4. The highest BCUT2D eigenvalue weighted by molar-refractivity contribution is 5.91. The van der Waals surface area contributed by atoms with Gasteiger partial charge in [0.05, 0.1) is 23.8 Å². The Morgan fingerprint density at radius 3 is 2.26 bits per heavy atom. The minimum absolute atomic E-state index is 0.245. The molecule has 0 atom stereocenters. The first-order valence-electron chi connectivity index (χ1n) is 11.2. The quantitative estimate of drug-likeness (QED) is 0.241. The van der Waals surface area contributed by atoms with E-state index in [1.54, 1.807) is 6.07 Å². The molecule has 1 heterocycles. The van der Waals surface area contributed by atoms with E-state index in [4.69, 9.17) is 4.74 Å². The first-order valence-corrected chi connectivity index (χ1v) is 11.2. The van der Waals surface area contributed by atoms with Crippen LogP contribution in [0.4, 0.5) is 32.0 Å². The fourth-order valence-corrected chi connectivity index (χ4v) is 3.91. The third-order valence-corrected chi connectivity index (χ3v) is 5.58. The van der Waals surface area contributed by atoms with Crippen LogP contribution in [0.3, 0.4) is 0 Å². The van der Waals surface area contributed by atoms with Crippen molar-refractivity contribution in [1.82, 2.24) is 9.88 Å². The van der Waals surface area contributed by atoms with Crippen LogP contribution in [-0.4, -0.2) is 36.6 Å². The van der Waals surface area contributed by atoms with Crippen LogP contribution < -0.4 is 10.1 Å². The second-order valence-electron chi connectivity index (χ2n) is 8.17. The van der Waals surface area contributed by atoms with Gasteiger partial charge in [-0.15, -0.1) is 0 Å². The van der Waals surface area contributed by atoms with E-state index < -0.39 is 23.5 Å². The highest BCUT2D eigenvalue weighted by Crippen LogP contribution is 2.34. The molecule has 0 spiro atoms. The van der Waals surface area contributed by atoms with Gasteiger partial charge in [-0.3, -0.25) is 9.88 Å². The number of ether oxygens (including phenoxy) is 1. The third kappa shape index (κ3) is 7.00. The van der Waals surface area contributed by atoms with E-state index in [1.807, 2.05) is 6.92 Å². The van der Waals surface area contributed by atoms with Gasteiger partial charge in [0.1, 0.15) is 5.75 Å². The Hall–Kier alpha value is -3.01. The Balaban J connectivity index is 1.65. The topological polar surface area (TPSA) is 37.4 Å². The molecule has 0 unspecified atom stereocenters. The summed E-state index contributed by atoms with van der Waals surface area (Å²) in [4.78, 5) is 6.10. The molecule has 0 bridgehead atoms. The molecule has 1 N–H and O–H groups in total. The summed E-state index contributed by atoms with van der Waals surface area (Å²) < 4.78 is 83.7. The first-order chi connectivity index (χ1) is 16.5. The summed E-state index contributed by atoms with van der Waals surface area (Å²) in [6.45, 7) is 4.13. The maximum Gasteiger partial charge on any atom is 0.416 e. The number of pyridine rings is 1. The van der Waals surface area contributed by atoms with Crippen LogP contribution in [0.2, 0.25) is 0 Å². The normalized spacial score (nSPS) is 12.4. The number of methoxy groups -OCH3 is 1. The summed E-state index contributed by atoms with van der Waals surface area (Å²) in [6.07, 6.45) is -5.93. The van der Waals surface area contributed by atoms with E-state index in [0.717, 1.165) is 30.7 Å². The number of anilines is 1. The molecular weight excluding hydrogens is 472 g/mol. The average Bonchev–Trinajstić information content (AvgIpc) is 2.80. The van der Waals surface area contributed by atoms with Crippen LogP contribution in [-0.2, 0) is 18.9 Å². The van der Waals surface area contributed by atoms with Gasteiger partial charge in [0.2, 0.25) is 0 Å². The number of alkyl halides is 6. The number of benzene rings is 2. The predicted octanol–water partition coefficient (Wildman–Crippen LogP) is 7.00. The van der Waals surface area contributed by atoms with Crippen LogP contribution in [0.15, 0.2) is 48.7 Å². The minimum Gasteiger partial charge on any atom is -0.496 e. The molecular formula is C25H27F6N3O. The molecule has 190 valence electrons.